The van der Waals surface area contributed by atoms with Crippen molar-refractivity contribution in [3.05, 3.63) is 90.3 Å². The van der Waals surface area contributed by atoms with Gasteiger partial charge in [0, 0.05) is 72.5 Å². The Bertz CT molecular complexity index is 1800. The average molecular weight is 606 g/mol. The molecule has 0 aliphatic carbocycles. The number of pyridine rings is 1. The fourth-order valence-electron chi connectivity index (χ4n) is 5.03. The standard InChI is InChI=1S/C32H31N9O2S/c33-22-37-31(39-24-7-11-34-12-8-24)35-20-26-21-36-32(44-26)41-14-9-28-27(5-2-6-29(28)41)23-3-1-4-25(19-23)38-30(42)10-13-40-15-17-43-18-16-40/h1-9,11-12,14,19,21H,10,13,15-18,20H2,(H,38,42)(H2,34,35,37,39). The fraction of sp³-hybridized carbons (Fsp3) is 0.219. The topological polar surface area (TPSA) is 132 Å². The minimum absolute atomic E-state index is 0.00517. The Hall–Kier alpha value is -5.09. The van der Waals surface area contributed by atoms with Gasteiger partial charge in [0.05, 0.1) is 25.3 Å². The van der Waals surface area contributed by atoms with E-state index in [1.165, 1.54) is 11.3 Å². The number of carbonyl (C=O) groups is 1. The van der Waals surface area contributed by atoms with Gasteiger partial charge in [0.15, 0.2) is 11.3 Å². The summed E-state index contributed by atoms with van der Waals surface area (Å²) in [5.74, 6) is 0.353. The summed E-state index contributed by atoms with van der Waals surface area (Å²) >= 11 is 1.54. The number of ether oxygens (including phenoxy) is 1. The van der Waals surface area contributed by atoms with Crippen LogP contribution in [-0.4, -0.2) is 64.1 Å². The van der Waals surface area contributed by atoms with Crippen LogP contribution in [0.5, 0.6) is 0 Å². The van der Waals surface area contributed by atoms with Gasteiger partial charge in [0.1, 0.15) is 0 Å². The maximum absolute atomic E-state index is 12.7. The van der Waals surface area contributed by atoms with E-state index in [1.54, 1.807) is 30.7 Å². The van der Waals surface area contributed by atoms with Crippen molar-refractivity contribution in [2.75, 3.05) is 43.5 Å². The van der Waals surface area contributed by atoms with Crippen LogP contribution >= 0.6 is 11.3 Å². The maximum atomic E-state index is 12.7. The van der Waals surface area contributed by atoms with E-state index < -0.39 is 0 Å². The summed E-state index contributed by atoms with van der Waals surface area (Å²) in [6.45, 7) is 4.27. The molecule has 0 bridgehead atoms. The van der Waals surface area contributed by atoms with Gasteiger partial charge >= 0.3 is 0 Å². The highest BCUT2D eigenvalue weighted by atomic mass is 32.1. The number of hydrogen-bond donors (Lipinski definition) is 3. The lowest BCUT2D eigenvalue weighted by Gasteiger charge is -2.26. The number of thiazole rings is 1. The molecule has 0 atom stereocenters. The van der Waals surface area contributed by atoms with Crippen molar-refractivity contribution in [3.63, 3.8) is 0 Å². The molecule has 1 fully saturated rings. The Morgan fingerprint density at radius 2 is 1.89 bits per heavy atom. The van der Waals surface area contributed by atoms with Crippen LogP contribution in [0.3, 0.4) is 0 Å². The van der Waals surface area contributed by atoms with E-state index in [0.29, 0.717) is 18.9 Å². The minimum Gasteiger partial charge on any atom is -0.379 e. The van der Waals surface area contributed by atoms with Crippen molar-refractivity contribution in [2.24, 2.45) is 4.99 Å². The number of hydrogen-bond acceptors (Lipinski definition) is 8. The number of amides is 1. The molecule has 6 rings (SSSR count). The van der Waals surface area contributed by atoms with E-state index in [9.17, 15) is 4.79 Å². The van der Waals surface area contributed by atoms with Gasteiger partial charge in [0.25, 0.3) is 0 Å². The Balaban J connectivity index is 1.16. The maximum Gasteiger partial charge on any atom is 0.225 e. The van der Waals surface area contributed by atoms with Crippen molar-refractivity contribution in [2.45, 2.75) is 13.0 Å². The van der Waals surface area contributed by atoms with Crippen LogP contribution in [0.4, 0.5) is 11.4 Å². The van der Waals surface area contributed by atoms with Gasteiger partial charge in [0.2, 0.25) is 11.9 Å². The number of aromatic nitrogens is 3. The smallest absolute Gasteiger partial charge is 0.225 e. The molecule has 2 aromatic carbocycles. The van der Waals surface area contributed by atoms with Crippen molar-refractivity contribution < 1.29 is 9.53 Å². The number of fused-ring (bicyclic) bond motifs is 1. The van der Waals surface area contributed by atoms with Crippen molar-refractivity contribution >= 4 is 45.5 Å². The molecule has 44 heavy (non-hydrogen) atoms. The van der Waals surface area contributed by atoms with E-state index in [0.717, 1.165) is 76.3 Å². The SMILES string of the molecule is N#CNC(=NCc1cnc(-n2ccc3c(-c4cccc(NC(=O)CCN5CCOCC5)c4)cccc32)s1)Nc1ccncc1. The summed E-state index contributed by atoms with van der Waals surface area (Å²) in [6, 6.07) is 19.8. The molecule has 0 spiro atoms. The highest BCUT2D eigenvalue weighted by molar-refractivity contribution is 7.14. The van der Waals surface area contributed by atoms with Crippen LogP contribution in [0.15, 0.2) is 90.4 Å². The van der Waals surface area contributed by atoms with Crippen LogP contribution in [-0.2, 0) is 16.1 Å². The van der Waals surface area contributed by atoms with E-state index in [4.69, 9.17) is 10.00 Å². The highest BCUT2D eigenvalue weighted by Gasteiger charge is 2.14. The number of rotatable bonds is 9. The number of morpholine rings is 1. The van der Waals surface area contributed by atoms with Crippen molar-refractivity contribution in [1.82, 2.24) is 24.8 Å². The highest BCUT2D eigenvalue weighted by Crippen LogP contribution is 2.33. The normalized spacial score (nSPS) is 13.8. The third-order valence-corrected chi connectivity index (χ3v) is 8.19. The number of benzene rings is 2. The molecule has 1 saturated heterocycles. The van der Waals surface area contributed by atoms with E-state index in [1.807, 2.05) is 36.7 Å². The summed E-state index contributed by atoms with van der Waals surface area (Å²) in [6.07, 6.45) is 9.52. The molecule has 1 aliphatic heterocycles. The Kier molecular flexibility index (Phi) is 9.18. The molecule has 3 aromatic heterocycles. The molecular weight excluding hydrogens is 574 g/mol. The van der Waals surface area contributed by atoms with Crippen LogP contribution in [0.25, 0.3) is 27.2 Å². The predicted molar refractivity (Wildman–Crippen MR) is 173 cm³/mol. The van der Waals surface area contributed by atoms with Crippen LogP contribution in [0.2, 0.25) is 0 Å². The number of anilines is 2. The van der Waals surface area contributed by atoms with E-state index in [2.05, 4.69) is 64.6 Å². The molecule has 0 radical (unpaired) electrons. The summed E-state index contributed by atoms with van der Waals surface area (Å²) in [4.78, 5) is 29.1. The zero-order chi connectivity index (χ0) is 30.1. The molecule has 0 unspecified atom stereocenters. The zero-order valence-electron chi connectivity index (χ0n) is 23.9. The third kappa shape index (κ3) is 7.09. The van der Waals surface area contributed by atoms with Crippen LogP contribution in [0.1, 0.15) is 11.3 Å². The van der Waals surface area contributed by atoms with Gasteiger partial charge in [-0.15, -0.1) is 0 Å². The summed E-state index contributed by atoms with van der Waals surface area (Å²) in [5, 5.41) is 19.8. The second kappa shape index (κ2) is 13.9. The number of aliphatic imine (C=N–C) groups is 1. The van der Waals surface area contributed by atoms with Crippen molar-refractivity contribution in [3.8, 4) is 22.5 Å². The molecule has 1 amide bonds. The molecule has 1 aliphatic rings. The Labute approximate surface area is 258 Å². The van der Waals surface area contributed by atoms with Gasteiger partial charge < -0.3 is 15.4 Å². The molecule has 4 heterocycles. The van der Waals surface area contributed by atoms with Gasteiger partial charge in [-0.3, -0.25) is 24.6 Å². The second-order valence-corrected chi connectivity index (χ2v) is 11.2. The molecule has 5 aromatic rings. The first-order valence-corrected chi connectivity index (χ1v) is 15.1. The number of guanidine groups is 1. The average Bonchev–Trinajstić information content (AvgIpc) is 3.71. The lowest BCUT2D eigenvalue weighted by Crippen LogP contribution is -2.38. The minimum atomic E-state index is 0.00517. The monoisotopic (exact) mass is 605 g/mol. The second-order valence-electron chi connectivity index (χ2n) is 10.1. The first-order valence-electron chi connectivity index (χ1n) is 14.3. The van der Waals surface area contributed by atoms with Crippen LogP contribution < -0.4 is 16.0 Å². The predicted octanol–water partition coefficient (Wildman–Crippen LogP) is 4.85. The lowest BCUT2D eigenvalue weighted by molar-refractivity contribution is -0.116. The summed E-state index contributed by atoms with van der Waals surface area (Å²) in [7, 11) is 0. The summed E-state index contributed by atoms with van der Waals surface area (Å²) in [5.41, 5.74) is 4.67. The lowest BCUT2D eigenvalue weighted by atomic mass is 10.0. The first kappa shape index (κ1) is 29.0. The van der Waals surface area contributed by atoms with Gasteiger partial charge in [-0.05, 0) is 47.5 Å². The molecule has 11 nitrogen and oxygen atoms in total. The molecular formula is C32H31N9O2S. The zero-order valence-corrected chi connectivity index (χ0v) is 24.8. The third-order valence-electron chi connectivity index (χ3n) is 7.21. The first-order chi connectivity index (χ1) is 21.7. The molecule has 0 saturated carbocycles. The Morgan fingerprint density at radius 3 is 2.73 bits per heavy atom. The van der Waals surface area contributed by atoms with E-state index >= 15 is 0 Å². The fourth-order valence-corrected chi connectivity index (χ4v) is 5.86. The van der Waals surface area contributed by atoms with Crippen LogP contribution in [0, 0.1) is 11.5 Å². The number of nitrogens with zero attached hydrogens (tertiary/aromatic N) is 6. The number of nitrogens with one attached hydrogen (secondary N) is 3. The van der Waals surface area contributed by atoms with Gasteiger partial charge in [-0.25, -0.2) is 9.98 Å². The molecule has 12 heteroatoms. The van der Waals surface area contributed by atoms with Gasteiger partial charge in [-0.1, -0.05) is 35.6 Å². The van der Waals surface area contributed by atoms with Crippen molar-refractivity contribution in [1.29, 1.82) is 5.26 Å². The summed E-state index contributed by atoms with van der Waals surface area (Å²) < 4.78 is 7.46. The number of nitriles is 1. The molecule has 3 N–H and O–H groups in total. The van der Waals surface area contributed by atoms with E-state index in [-0.39, 0.29) is 5.91 Å². The quantitative estimate of drug-likeness (QED) is 0.0941. The molecule has 222 valence electrons. The largest absolute Gasteiger partial charge is 0.379 e. The Morgan fingerprint density at radius 1 is 1.05 bits per heavy atom. The van der Waals surface area contributed by atoms with Gasteiger partial charge in [-0.2, -0.15) is 5.26 Å². The number of carbonyl (C=O) groups excluding carboxylic acids is 1.